The Bertz CT molecular complexity index is 542. The van der Waals surface area contributed by atoms with E-state index >= 15 is 0 Å². The van der Waals surface area contributed by atoms with Crippen LogP contribution < -0.4 is 4.90 Å². The van der Waals surface area contributed by atoms with Crippen LogP contribution in [0.3, 0.4) is 0 Å². The molecule has 0 radical (unpaired) electrons. The maximum atomic E-state index is 4.41. The zero-order valence-corrected chi connectivity index (χ0v) is 9.17. The molecule has 5 heteroatoms. The van der Waals surface area contributed by atoms with Gasteiger partial charge in [0.2, 0.25) is 5.65 Å². The van der Waals surface area contributed by atoms with Crippen LogP contribution in [-0.4, -0.2) is 32.7 Å². The second-order valence-electron chi connectivity index (χ2n) is 3.90. The molecule has 0 bridgehead atoms. The highest BCUT2D eigenvalue weighted by atomic mass is 15.3. The van der Waals surface area contributed by atoms with E-state index < -0.39 is 0 Å². The van der Waals surface area contributed by atoms with E-state index in [2.05, 4.69) is 32.2 Å². The first-order valence-corrected chi connectivity index (χ1v) is 5.42. The number of hydrogen-bond acceptors (Lipinski definition) is 4. The first-order chi connectivity index (χ1) is 7.86. The molecule has 0 unspecified atom stereocenters. The minimum absolute atomic E-state index is 0.843. The lowest BCUT2D eigenvalue weighted by Crippen LogP contribution is -2.28. The van der Waals surface area contributed by atoms with Gasteiger partial charge in [0.05, 0.1) is 0 Å². The molecule has 2 aromatic heterocycles. The summed E-state index contributed by atoms with van der Waals surface area (Å²) in [5.41, 5.74) is 0.843. The first kappa shape index (κ1) is 9.33. The summed E-state index contributed by atoms with van der Waals surface area (Å²) in [6.45, 7) is 3.84. The summed E-state index contributed by atoms with van der Waals surface area (Å²) in [6, 6.07) is 0. The summed E-state index contributed by atoms with van der Waals surface area (Å²) in [7, 11) is 0. The SMILES string of the molecule is Cc1nnc2c(N3CC=CCC3)nccn12. The van der Waals surface area contributed by atoms with Gasteiger partial charge in [-0.25, -0.2) is 4.98 Å². The van der Waals surface area contributed by atoms with E-state index in [0.717, 1.165) is 36.8 Å². The van der Waals surface area contributed by atoms with Crippen LogP contribution >= 0.6 is 0 Å². The molecule has 1 aliphatic rings. The van der Waals surface area contributed by atoms with Crippen LogP contribution in [0, 0.1) is 6.92 Å². The molecule has 0 saturated carbocycles. The van der Waals surface area contributed by atoms with Gasteiger partial charge in [0.15, 0.2) is 5.82 Å². The predicted molar refractivity (Wildman–Crippen MR) is 61.5 cm³/mol. The number of rotatable bonds is 1. The van der Waals surface area contributed by atoms with Gasteiger partial charge < -0.3 is 4.90 Å². The predicted octanol–water partition coefficient (Wildman–Crippen LogP) is 1.20. The van der Waals surface area contributed by atoms with Gasteiger partial charge >= 0.3 is 0 Å². The van der Waals surface area contributed by atoms with Crippen LogP contribution in [0.4, 0.5) is 5.82 Å². The Balaban J connectivity index is 2.12. The average molecular weight is 215 g/mol. The normalized spacial score (nSPS) is 15.9. The van der Waals surface area contributed by atoms with Crippen molar-refractivity contribution in [2.45, 2.75) is 13.3 Å². The molecule has 0 aliphatic carbocycles. The van der Waals surface area contributed by atoms with Crippen LogP contribution in [0.2, 0.25) is 0 Å². The minimum atomic E-state index is 0.843. The van der Waals surface area contributed by atoms with E-state index in [9.17, 15) is 0 Å². The van der Waals surface area contributed by atoms with Gasteiger partial charge in [0, 0.05) is 25.5 Å². The summed E-state index contributed by atoms with van der Waals surface area (Å²) in [5, 5.41) is 8.26. The molecular formula is C11H13N5. The van der Waals surface area contributed by atoms with Crippen molar-refractivity contribution in [1.82, 2.24) is 19.6 Å². The molecular weight excluding hydrogens is 202 g/mol. The quantitative estimate of drug-likeness (QED) is 0.670. The Hall–Kier alpha value is -1.91. The molecule has 3 heterocycles. The molecule has 0 spiro atoms. The fourth-order valence-corrected chi connectivity index (χ4v) is 1.99. The van der Waals surface area contributed by atoms with Crippen LogP contribution in [0.25, 0.3) is 5.65 Å². The molecule has 2 aromatic rings. The molecule has 0 amide bonds. The molecule has 0 saturated heterocycles. The van der Waals surface area contributed by atoms with Crippen LogP contribution in [0.5, 0.6) is 0 Å². The third-order valence-electron chi connectivity index (χ3n) is 2.84. The van der Waals surface area contributed by atoms with Gasteiger partial charge in [-0.1, -0.05) is 12.2 Å². The number of aromatic nitrogens is 4. The van der Waals surface area contributed by atoms with Gasteiger partial charge in [0.1, 0.15) is 5.82 Å². The maximum Gasteiger partial charge on any atom is 0.203 e. The van der Waals surface area contributed by atoms with E-state index in [1.165, 1.54) is 0 Å². The first-order valence-electron chi connectivity index (χ1n) is 5.42. The lowest BCUT2D eigenvalue weighted by Gasteiger charge is -2.24. The molecule has 82 valence electrons. The molecule has 3 rings (SSSR count). The van der Waals surface area contributed by atoms with Crippen molar-refractivity contribution < 1.29 is 0 Å². The highest BCUT2D eigenvalue weighted by Crippen LogP contribution is 2.19. The molecule has 0 fully saturated rings. The second-order valence-corrected chi connectivity index (χ2v) is 3.90. The van der Waals surface area contributed by atoms with Gasteiger partial charge in [-0.05, 0) is 13.3 Å². The molecule has 1 aliphatic heterocycles. The standard InChI is InChI=1S/C11H13N5/c1-9-13-14-11-10(12-5-8-16(9)11)15-6-3-2-4-7-15/h2-3,5,8H,4,6-7H2,1H3. The molecule has 5 nitrogen and oxygen atoms in total. The molecule has 0 aromatic carbocycles. The highest BCUT2D eigenvalue weighted by Gasteiger charge is 2.14. The highest BCUT2D eigenvalue weighted by molar-refractivity contribution is 5.64. The zero-order valence-electron chi connectivity index (χ0n) is 9.17. The number of fused-ring (bicyclic) bond motifs is 1. The van der Waals surface area contributed by atoms with Crippen molar-refractivity contribution in [2.24, 2.45) is 0 Å². The Labute approximate surface area is 93.4 Å². The lowest BCUT2D eigenvalue weighted by molar-refractivity contribution is 0.803. The van der Waals surface area contributed by atoms with Crippen molar-refractivity contribution in [1.29, 1.82) is 0 Å². The molecule has 0 atom stereocenters. The number of anilines is 1. The number of nitrogens with zero attached hydrogens (tertiary/aromatic N) is 5. The van der Waals surface area contributed by atoms with Crippen molar-refractivity contribution >= 4 is 11.5 Å². The maximum absolute atomic E-state index is 4.41. The fourth-order valence-electron chi connectivity index (χ4n) is 1.99. The largest absolute Gasteiger partial charge is 0.349 e. The van der Waals surface area contributed by atoms with Gasteiger partial charge in [-0.3, -0.25) is 4.40 Å². The zero-order chi connectivity index (χ0) is 11.0. The summed E-state index contributed by atoms with van der Waals surface area (Å²) >= 11 is 0. The van der Waals surface area contributed by atoms with Crippen molar-refractivity contribution in [3.63, 3.8) is 0 Å². The summed E-state index contributed by atoms with van der Waals surface area (Å²) < 4.78 is 1.97. The Morgan fingerprint density at radius 3 is 3.00 bits per heavy atom. The van der Waals surface area contributed by atoms with Crippen molar-refractivity contribution in [2.75, 3.05) is 18.0 Å². The lowest BCUT2D eigenvalue weighted by atomic mass is 10.2. The van der Waals surface area contributed by atoms with E-state index in [1.807, 2.05) is 17.5 Å². The summed E-state index contributed by atoms with van der Waals surface area (Å²) in [5.74, 6) is 1.82. The number of aryl methyl sites for hydroxylation is 1. The van der Waals surface area contributed by atoms with Crippen LogP contribution in [0.1, 0.15) is 12.2 Å². The summed E-state index contributed by atoms with van der Waals surface area (Å²) in [6.07, 6.45) is 9.13. The van der Waals surface area contributed by atoms with Gasteiger partial charge in [-0.15, -0.1) is 10.2 Å². The van der Waals surface area contributed by atoms with E-state index in [0.29, 0.717) is 0 Å². The van der Waals surface area contributed by atoms with E-state index in [1.54, 1.807) is 6.20 Å². The van der Waals surface area contributed by atoms with Gasteiger partial charge in [0.25, 0.3) is 0 Å². The molecule has 0 N–H and O–H groups in total. The Morgan fingerprint density at radius 1 is 1.25 bits per heavy atom. The number of hydrogen-bond donors (Lipinski definition) is 0. The third kappa shape index (κ3) is 1.36. The minimum Gasteiger partial charge on any atom is -0.349 e. The Morgan fingerprint density at radius 2 is 2.19 bits per heavy atom. The Kier molecular flexibility index (Phi) is 2.09. The third-order valence-corrected chi connectivity index (χ3v) is 2.84. The molecule has 16 heavy (non-hydrogen) atoms. The summed E-state index contributed by atoms with van der Waals surface area (Å²) in [4.78, 5) is 6.64. The van der Waals surface area contributed by atoms with Crippen LogP contribution in [-0.2, 0) is 0 Å². The fraction of sp³-hybridized carbons (Fsp3) is 0.364. The topological polar surface area (TPSA) is 46.3 Å². The monoisotopic (exact) mass is 215 g/mol. The van der Waals surface area contributed by atoms with Crippen LogP contribution in [0.15, 0.2) is 24.5 Å². The van der Waals surface area contributed by atoms with Crippen molar-refractivity contribution in [3.05, 3.63) is 30.4 Å². The van der Waals surface area contributed by atoms with Crippen molar-refractivity contribution in [3.8, 4) is 0 Å². The van der Waals surface area contributed by atoms with E-state index in [4.69, 9.17) is 0 Å². The smallest absolute Gasteiger partial charge is 0.203 e. The second kappa shape index (κ2) is 3.59. The van der Waals surface area contributed by atoms with E-state index in [-0.39, 0.29) is 0 Å². The average Bonchev–Trinajstić information content (AvgIpc) is 2.73. The van der Waals surface area contributed by atoms with Gasteiger partial charge in [-0.2, -0.15) is 0 Å².